The van der Waals surface area contributed by atoms with E-state index < -0.39 is 10.0 Å². The Morgan fingerprint density at radius 2 is 2.04 bits per heavy atom. The quantitative estimate of drug-likeness (QED) is 0.707. The fourth-order valence-electron chi connectivity index (χ4n) is 3.46. The molecule has 0 unspecified atom stereocenters. The Bertz CT molecular complexity index is 1270. The Morgan fingerprint density at radius 3 is 2.78 bits per heavy atom. The summed E-state index contributed by atoms with van der Waals surface area (Å²) in [6, 6.07) is 9.39. The number of benzene rings is 2. The number of aromatic nitrogens is 1. The van der Waals surface area contributed by atoms with Gasteiger partial charge in [-0.2, -0.15) is 0 Å². The molecule has 1 N–H and O–H groups in total. The molecule has 1 aromatic heterocycles. The molecule has 8 heteroatoms. The lowest BCUT2D eigenvalue weighted by Gasteiger charge is -2.21. The Morgan fingerprint density at radius 1 is 1.22 bits per heavy atom. The summed E-state index contributed by atoms with van der Waals surface area (Å²) in [4.78, 5) is 18.1. The second-order valence-electron chi connectivity index (χ2n) is 6.11. The summed E-state index contributed by atoms with van der Waals surface area (Å²) in [5.74, 6) is 0.505. The fourth-order valence-corrected chi connectivity index (χ4v) is 5.15. The molecule has 7 nitrogen and oxygen atoms in total. The number of pyridine rings is 1. The molecule has 0 spiro atoms. The number of rotatable bonds is 3. The minimum absolute atomic E-state index is 0.0612. The number of fused-ring (bicyclic) bond motifs is 2. The van der Waals surface area contributed by atoms with Gasteiger partial charge < -0.3 is 9.72 Å². The van der Waals surface area contributed by atoms with Crippen molar-refractivity contribution in [2.24, 2.45) is 0 Å². The van der Waals surface area contributed by atoms with Gasteiger partial charge in [0.05, 0.1) is 18.6 Å². The van der Waals surface area contributed by atoms with Crippen LogP contribution in [0.3, 0.4) is 0 Å². The average Bonchev–Trinajstić information content (AvgIpc) is 3.12. The van der Waals surface area contributed by atoms with Gasteiger partial charge in [0, 0.05) is 34.8 Å². The summed E-state index contributed by atoms with van der Waals surface area (Å²) in [6.07, 6.45) is 1.92. The summed E-state index contributed by atoms with van der Waals surface area (Å²) in [5, 5.41) is 0.675. The van der Waals surface area contributed by atoms with Crippen molar-refractivity contribution in [3.63, 3.8) is 0 Å². The van der Waals surface area contributed by atoms with Crippen LogP contribution in [0.15, 0.2) is 52.3 Å². The van der Waals surface area contributed by atoms with Crippen molar-refractivity contribution in [3.05, 3.63) is 69.9 Å². The molecule has 0 bridgehead atoms. The van der Waals surface area contributed by atoms with Crippen molar-refractivity contribution >= 4 is 32.2 Å². The number of methoxy groups -OCH3 is 1. The van der Waals surface area contributed by atoms with Gasteiger partial charge in [-0.25, -0.2) is 13.3 Å². The predicted molar refractivity (Wildman–Crippen MR) is 102 cm³/mol. The molecule has 136 valence electrons. The minimum Gasteiger partial charge on any atom is -0.498 e. The molecule has 0 atom stereocenters. The van der Waals surface area contributed by atoms with Gasteiger partial charge in [-0.15, -0.1) is 0 Å². The molecular formula is C19H15N3O4S. The molecule has 2 aromatic carbocycles. The molecule has 1 aliphatic rings. The third-order valence-corrected chi connectivity index (χ3v) is 6.57. The zero-order chi connectivity index (χ0) is 19.2. The molecule has 3 aromatic rings. The average molecular weight is 381 g/mol. The highest BCUT2D eigenvalue weighted by Crippen LogP contribution is 2.42. The van der Waals surface area contributed by atoms with E-state index in [-0.39, 0.29) is 17.0 Å². The topological polar surface area (TPSA) is 83.8 Å². The van der Waals surface area contributed by atoms with Crippen LogP contribution in [0.1, 0.15) is 5.56 Å². The van der Waals surface area contributed by atoms with Crippen molar-refractivity contribution in [1.82, 2.24) is 4.98 Å². The van der Waals surface area contributed by atoms with Gasteiger partial charge in [0.25, 0.3) is 15.6 Å². The molecule has 1 aliphatic heterocycles. The van der Waals surface area contributed by atoms with Gasteiger partial charge in [0.15, 0.2) is 5.69 Å². The van der Waals surface area contributed by atoms with Crippen molar-refractivity contribution in [3.8, 4) is 5.75 Å². The summed E-state index contributed by atoms with van der Waals surface area (Å²) < 4.78 is 33.5. The first-order chi connectivity index (χ1) is 13.0. The highest BCUT2D eigenvalue weighted by Gasteiger charge is 2.34. The number of nitrogens with zero attached hydrogens (tertiary/aromatic N) is 2. The van der Waals surface area contributed by atoms with E-state index in [1.165, 1.54) is 23.7 Å². The monoisotopic (exact) mass is 381 g/mol. The van der Waals surface area contributed by atoms with Crippen LogP contribution >= 0.6 is 0 Å². The number of sulfonamides is 1. The number of hydrogen-bond donors (Lipinski definition) is 1. The molecule has 0 aliphatic carbocycles. The van der Waals surface area contributed by atoms with Crippen LogP contribution in [0.2, 0.25) is 0 Å². The van der Waals surface area contributed by atoms with E-state index in [9.17, 15) is 13.2 Å². The van der Waals surface area contributed by atoms with E-state index >= 15 is 0 Å². The number of nitrogens with one attached hydrogen (secondary N) is 1. The standard InChI is InChI=1S/C19H15N3O4S/c1-20-12-10-16-15(17(11-12)26-2)7-9-22(16)27(24,25)18-5-3-4-14-13(18)6-8-21-19(14)23/h3-6,8,10-11H,7,9H2,2H3,(H,21,23). The summed E-state index contributed by atoms with van der Waals surface area (Å²) >= 11 is 0. The maximum atomic E-state index is 13.4. The lowest BCUT2D eigenvalue weighted by Crippen LogP contribution is -2.29. The smallest absolute Gasteiger partial charge is 0.264 e. The SMILES string of the molecule is [C-]#[N+]c1cc(OC)c2c(c1)N(S(=O)(=O)c1cccc3c(=O)[nH]ccc13)CC2. The summed E-state index contributed by atoms with van der Waals surface area (Å²) in [5.41, 5.74) is 1.17. The first-order valence-corrected chi connectivity index (χ1v) is 9.63. The van der Waals surface area contributed by atoms with E-state index in [4.69, 9.17) is 11.3 Å². The van der Waals surface area contributed by atoms with E-state index in [0.717, 1.165) is 5.56 Å². The zero-order valence-electron chi connectivity index (χ0n) is 14.4. The zero-order valence-corrected chi connectivity index (χ0v) is 15.2. The third-order valence-electron chi connectivity index (χ3n) is 4.70. The largest absolute Gasteiger partial charge is 0.498 e. The molecule has 0 amide bonds. The van der Waals surface area contributed by atoms with Gasteiger partial charge in [0.1, 0.15) is 5.75 Å². The Kier molecular flexibility index (Phi) is 3.89. The Hall–Kier alpha value is -3.31. The van der Waals surface area contributed by atoms with Gasteiger partial charge in [0.2, 0.25) is 0 Å². The van der Waals surface area contributed by atoms with Crippen LogP contribution in [0.4, 0.5) is 11.4 Å². The van der Waals surface area contributed by atoms with Gasteiger partial charge in [-0.1, -0.05) is 6.07 Å². The first-order valence-electron chi connectivity index (χ1n) is 8.19. The summed E-state index contributed by atoms with van der Waals surface area (Å²) in [6.45, 7) is 7.50. The fraction of sp³-hybridized carbons (Fsp3) is 0.158. The lowest BCUT2D eigenvalue weighted by atomic mass is 10.1. The minimum atomic E-state index is -3.92. The number of ether oxygens (including phenoxy) is 1. The van der Waals surface area contributed by atoms with Gasteiger partial charge in [-0.05, 0) is 36.8 Å². The molecule has 2 heterocycles. The van der Waals surface area contributed by atoms with Crippen molar-refractivity contribution in [1.29, 1.82) is 0 Å². The first kappa shape index (κ1) is 17.1. The molecule has 0 saturated carbocycles. The maximum Gasteiger partial charge on any atom is 0.264 e. The van der Waals surface area contributed by atoms with Crippen LogP contribution in [0, 0.1) is 6.57 Å². The van der Waals surface area contributed by atoms with Crippen molar-refractivity contribution < 1.29 is 13.2 Å². The van der Waals surface area contributed by atoms with Crippen LogP contribution in [0.25, 0.3) is 15.6 Å². The Balaban J connectivity index is 1.94. The van der Waals surface area contributed by atoms with E-state index in [2.05, 4.69) is 9.83 Å². The van der Waals surface area contributed by atoms with Gasteiger partial charge >= 0.3 is 0 Å². The number of hydrogen-bond acceptors (Lipinski definition) is 4. The van der Waals surface area contributed by atoms with Crippen LogP contribution in [-0.4, -0.2) is 27.1 Å². The van der Waals surface area contributed by atoms with Crippen LogP contribution in [0.5, 0.6) is 5.75 Å². The van der Waals surface area contributed by atoms with E-state index in [1.807, 2.05) is 0 Å². The molecule has 0 saturated heterocycles. The highest BCUT2D eigenvalue weighted by atomic mass is 32.2. The Labute approximate surface area is 155 Å². The van der Waals surface area contributed by atoms with Gasteiger partial charge in [-0.3, -0.25) is 9.10 Å². The molecular weight excluding hydrogens is 366 g/mol. The highest BCUT2D eigenvalue weighted by molar-refractivity contribution is 7.93. The molecule has 0 radical (unpaired) electrons. The number of H-pyrrole nitrogens is 1. The maximum absolute atomic E-state index is 13.4. The van der Waals surface area contributed by atoms with Crippen LogP contribution in [-0.2, 0) is 16.4 Å². The van der Waals surface area contributed by atoms with Crippen molar-refractivity contribution in [2.45, 2.75) is 11.3 Å². The second kappa shape index (κ2) is 6.14. The number of anilines is 1. The third kappa shape index (κ3) is 2.55. The molecule has 27 heavy (non-hydrogen) atoms. The van der Waals surface area contributed by atoms with Crippen LogP contribution < -0.4 is 14.6 Å². The normalized spacial score (nSPS) is 13.4. The second-order valence-corrected chi connectivity index (χ2v) is 7.94. The molecule has 0 fully saturated rings. The summed E-state index contributed by atoms with van der Waals surface area (Å²) in [7, 11) is -2.43. The number of aromatic amines is 1. The van der Waals surface area contributed by atoms with Crippen molar-refractivity contribution in [2.75, 3.05) is 18.0 Å². The molecule has 4 rings (SSSR count). The van der Waals surface area contributed by atoms with E-state index in [0.29, 0.717) is 34.3 Å². The van der Waals surface area contributed by atoms with E-state index in [1.54, 1.807) is 30.3 Å². The predicted octanol–water partition coefficient (Wildman–Crippen LogP) is 2.84. The lowest BCUT2D eigenvalue weighted by molar-refractivity contribution is 0.411.